The van der Waals surface area contributed by atoms with Crippen LogP contribution in [-0.2, 0) is 9.53 Å². The molecular weight excluding hydrogens is 448 g/mol. The predicted molar refractivity (Wildman–Crippen MR) is 132 cm³/mol. The largest absolute Gasteiger partial charge is 0.507 e. The van der Waals surface area contributed by atoms with Gasteiger partial charge in [0.25, 0.3) is 5.56 Å². The monoisotopic (exact) mass is 470 g/mol. The van der Waals surface area contributed by atoms with E-state index in [1.54, 1.807) is 30.6 Å². The van der Waals surface area contributed by atoms with Crippen molar-refractivity contribution in [1.82, 2.24) is 4.57 Å². The number of nitrogens with zero attached hydrogens (tertiary/aromatic N) is 2. The van der Waals surface area contributed by atoms with Gasteiger partial charge in [-0.3, -0.25) is 9.36 Å². The summed E-state index contributed by atoms with van der Waals surface area (Å²) in [5, 5.41) is 12.4. The Balaban J connectivity index is 1.78. The number of carbonyl (C=O) groups excluding carboxylic acids is 1. The number of aromatic hydroxyl groups is 1. The second-order valence-corrected chi connectivity index (χ2v) is 8.94. The van der Waals surface area contributed by atoms with Gasteiger partial charge in [-0.05, 0) is 42.3 Å². The SMILES string of the molecule is CCOC(=O)C1=C(C)N=c2s/c(=C\c3c(O)ccc4ccccc34)c(=O)n2[C@@H]1c1ccccc1. The van der Waals surface area contributed by atoms with Crippen molar-refractivity contribution in [2.45, 2.75) is 19.9 Å². The van der Waals surface area contributed by atoms with Crippen molar-refractivity contribution in [2.75, 3.05) is 6.61 Å². The van der Waals surface area contributed by atoms with Gasteiger partial charge in [-0.25, -0.2) is 9.79 Å². The maximum absolute atomic E-state index is 13.7. The van der Waals surface area contributed by atoms with Crippen molar-refractivity contribution in [3.05, 3.63) is 109 Å². The third-order valence-corrected chi connectivity index (χ3v) is 6.84. The van der Waals surface area contributed by atoms with Gasteiger partial charge in [-0.15, -0.1) is 0 Å². The summed E-state index contributed by atoms with van der Waals surface area (Å²) in [5.41, 5.74) is 1.95. The maximum atomic E-state index is 13.7. The molecule has 1 atom stereocenters. The van der Waals surface area contributed by atoms with Gasteiger partial charge in [-0.1, -0.05) is 72.0 Å². The van der Waals surface area contributed by atoms with Crippen molar-refractivity contribution >= 4 is 34.2 Å². The van der Waals surface area contributed by atoms with E-state index in [4.69, 9.17) is 4.74 Å². The molecule has 0 saturated carbocycles. The first kappa shape index (κ1) is 21.9. The van der Waals surface area contributed by atoms with E-state index in [0.29, 0.717) is 26.2 Å². The van der Waals surface area contributed by atoms with Crippen LogP contribution in [0.2, 0.25) is 0 Å². The minimum absolute atomic E-state index is 0.0903. The quantitative estimate of drug-likeness (QED) is 0.462. The highest BCUT2D eigenvalue weighted by Crippen LogP contribution is 2.31. The average molecular weight is 471 g/mol. The van der Waals surface area contributed by atoms with Gasteiger partial charge in [-0.2, -0.15) is 0 Å². The summed E-state index contributed by atoms with van der Waals surface area (Å²) < 4.78 is 7.28. The van der Waals surface area contributed by atoms with Crippen molar-refractivity contribution in [1.29, 1.82) is 0 Å². The Labute approximate surface area is 199 Å². The lowest BCUT2D eigenvalue weighted by atomic mass is 9.96. The Morgan fingerprint density at radius 2 is 1.85 bits per heavy atom. The fraction of sp³-hybridized carbons (Fsp3) is 0.148. The molecule has 0 unspecified atom stereocenters. The number of phenols is 1. The summed E-state index contributed by atoms with van der Waals surface area (Å²) in [6, 6.07) is 19.9. The van der Waals surface area contributed by atoms with Gasteiger partial charge in [0.05, 0.1) is 28.5 Å². The smallest absolute Gasteiger partial charge is 0.338 e. The van der Waals surface area contributed by atoms with E-state index in [9.17, 15) is 14.7 Å². The van der Waals surface area contributed by atoms with E-state index in [1.165, 1.54) is 11.3 Å². The van der Waals surface area contributed by atoms with E-state index < -0.39 is 12.0 Å². The molecular formula is C27H22N2O4S. The maximum Gasteiger partial charge on any atom is 0.338 e. The number of esters is 1. The summed E-state index contributed by atoms with van der Waals surface area (Å²) in [6.45, 7) is 3.73. The summed E-state index contributed by atoms with van der Waals surface area (Å²) in [4.78, 5) is 31.7. The number of benzene rings is 3. The molecule has 7 heteroatoms. The Kier molecular flexibility index (Phi) is 5.63. The molecule has 1 aromatic heterocycles. The summed E-state index contributed by atoms with van der Waals surface area (Å²) >= 11 is 1.23. The fourth-order valence-electron chi connectivity index (χ4n) is 4.31. The highest BCUT2D eigenvalue weighted by Gasteiger charge is 2.33. The molecule has 5 rings (SSSR count). The third-order valence-electron chi connectivity index (χ3n) is 5.86. The number of hydrogen-bond acceptors (Lipinski definition) is 6. The first-order chi connectivity index (χ1) is 16.5. The molecule has 0 aliphatic carbocycles. The first-order valence-electron chi connectivity index (χ1n) is 10.9. The van der Waals surface area contributed by atoms with Crippen LogP contribution in [0.3, 0.4) is 0 Å². The van der Waals surface area contributed by atoms with Crippen LogP contribution in [0, 0.1) is 0 Å². The van der Waals surface area contributed by atoms with Gasteiger partial charge in [0.2, 0.25) is 0 Å². The van der Waals surface area contributed by atoms with Gasteiger partial charge in [0.1, 0.15) is 5.75 Å². The minimum Gasteiger partial charge on any atom is -0.507 e. The molecule has 2 heterocycles. The van der Waals surface area contributed by atoms with E-state index in [-0.39, 0.29) is 17.9 Å². The molecule has 34 heavy (non-hydrogen) atoms. The fourth-order valence-corrected chi connectivity index (χ4v) is 5.34. The Morgan fingerprint density at radius 1 is 1.12 bits per heavy atom. The molecule has 1 aliphatic rings. The molecule has 170 valence electrons. The number of rotatable bonds is 4. The number of hydrogen-bond donors (Lipinski definition) is 1. The van der Waals surface area contributed by atoms with E-state index in [1.807, 2.05) is 60.7 Å². The Bertz CT molecular complexity index is 1630. The van der Waals surface area contributed by atoms with Gasteiger partial charge in [0.15, 0.2) is 4.80 Å². The lowest BCUT2D eigenvalue weighted by molar-refractivity contribution is -0.139. The highest BCUT2D eigenvalue weighted by atomic mass is 32.1. The zero-order valence-electron chi connectivity index (χ0n) is 18.7. The minimum atomic E-state index is -0.653. The van der Waals surface area contributed by atoms with E-state index in [2.05, 4.69) is 4.99 Å². The highest BCUT2D eigenvalue weighted by molar-refractivity contribution is 7.07. The molecule has 0 bridgehead atoms. The number of allylic oxidation sites excluding steroid dienone is 1. The van der Waals surface area contributed by atoms with Crippen molar-refractivity contribution in [3.63, 3.8) is 0 Å². The number of phenolic OH excluding ortho intramolecular Hbond substituents is 1. The molecule has 3 aromatic carbocycles. The second kappa shape index (κ2) is 8.76. The molecule has 0 spiro atoms. The van der Waals surface area contributed by atoms with Crippen LogP contribution in [0.4, 0.5) is 0 Å². The normalized spacial score (nSPS) is 15.8. The molecule has 0 fully saturated rings. The average Bonchev–Trinajstić information content (AvgIpc) is 3.15. The van der Waals surface area contributed by atoms with Gasteiger partial charge < -0.3 is 9.84 Å². The summed E-state index contributed by atoms with van der Waals surface area (Å²) in [5.74, 6) is -0.397. The van der Waals surface area contributed by atoms with Crippen molar-refractivity contribution in [2.24, 2.45) is 4.99 Å². The molecule has 1 aliphatic heterocycles. The molecule has 4 aromatic rings. The number of aromatic nitrogens is 1. The number of carbonyl (C=O) groups is 1. The summed E-state index contributed by atoms with van der Waals surface area (Å²) in [6.07, 6.45) is 1.70. The van der Waals surface area contributed by atoms with Crippen molar-refractivity contribution < 1.29 is 14.6 Å². The molecule has 0 amide bonds. The zero-order chi connectivity index (χ0) is 23.8. The van der Waals surface area contributed by atoms with Crippen LogP contribution < -0.4 is 14.9 Å². The van der Waals surface area contributed by atoms with Gasteiger partial charge in [0, 0.05) is 5.56 Å². The molecule has 6 nitrogen and oxygen atoms in total. The molecule has 1 N–H and O–H groups in total. The number of thiazole rings is 1. The van der Waals surface area contributed by atoms with Crippen LogP contribution in [0.5, 0.6) is 5.75 Å². The van der Waals surface area contributed by atoms with Crippen LogP contribution in [-0.4, -0.2) is 22.2 Å². The van der Waals surface area contributed by atoms with Gasteiger partial charge >= 0.3 is 5.97 Å². The van der Waals surface area contributed by atoms with Crippen LogP contribution in [0.1, 0.15) is 31.0 Å². The van der Waals surface area contributed by atoms with Crippen LogP contribution in [0.15, 0.2) is 87.8 Å². The third kappa shape index (κ3) is 3.64. The zero-order valence-corrected chi connectivity index (χ0v) is 19.5. The van der Waals surface area contributed by atoms with Crippen LogP contribution in [0.25, 0.3) is 16.8 Å². The van der Waals surface area contributed by atoms with E-state index >= 15 is 0 Å². The van der Waals surface area contributed by atoms with E-state index in [0.717, 1.165) is 16.3 Å². The van der Waals surface area contributed by atoms with Crippen molar-refractivity contribution in [3.8, 4) is 5.75 Å². The molecule has 0 saturated heterocycles. The lowest BCUT2D eigenvalue weighted by Gasteiger charge is -2.24. The number of ether oxygens (including phenoxy) is 1. The standard InChI is InChI=1S/C27H22N2O4S/c1-3-33-26(32)23-16(2)28-27-29(24(23)18-10-5-4-6-11-18)25(31)22(34-27)15-20-19-12-8-7-9-17(19)13-14-21(20)30/h4-15,24,30H,3H2,1-2H3/b22-15-/t24-/m1/s1. The Morgan fingerprint density at radius 3 is 2.62 bits per heavy atom. The predicted octanol–water partition coefficient (Wildman–Crippen LogP) is 3.66. The Hall–Kier alpha value is -3.97. The first-order valence-corrected chi connectivity index (χ1v) is 11.8. The second-order valence-electron chi connectivity index (χ2n) is 7.93. The van der Waals surface area contributed by atoms with Crippen LogP contribution >= 0.6 is 11.3 Å². The molecule has 0 radical (unpaired) electrons. The topological polar surface area (TPSA) is 80.9 Å². The summed E-state index contributed by atoms with van der Waals surface area (Å²) in [7, 11) is 0. The number of fused-ring (bicyclic) bond motifs is 2. The lowest BCUT2D eigenvalue weighted by Crippen LogP contribution is -2.39.